The van der Waals surface area contributed by atoms with Crippen molar-refractivity contribution in [1.82, 2.24) is 5.32 Å². The predicted octanol–water partition coefficient (Wildman–Crippen LogP) is 3.19. The smallest absolute Gasteiger partial charge is 0.311 e. The van der Waals surface area contributed by atoms with Gasteiger partial charge in [-0.15, -0.1) is 0 Å². The summed E-state index contributed by atoms with van der Waals surface area (Å²) < 4.78 is 5.22. The van der Waals surface area contributed by atoms with Gasteiger partial charge in [0.15, 0.2) is 0 Å². The van der Waals surface area contributed by atoms with E-state index in [9.17, 15) is 9.59 Å². The van der Waals surface area contributed by atoms with Crippen molar-refractivity contribution in [1.29, 1.82) is 0 Å². The summed E-state index contributed by atoms with van der Waals surface area (Å²) in [6, 6.07) is 6.24. The number of nitrogens with one attached hydrogen (secondary N) is 1. The number of amides is 1. The summed E-state index contributed by atoms with van der Waals surface area (Å²) in [5.41, 5.74) is 4.51. The van der Waals surface area contributed by atoms with Gasteiger partial charge in [-0.25, -0.2) is 0 Å². The van der Waals surface area contributed by atoms with E-state index < -0.39 is 5.97 Å². The van der Waals surface area contributed by atoms with Gasteiger partial charge in [-0.3, -0.25) is 9.59 Å². The lowest BCUT2D eigenvalue weighted by molar-refractivity contribution is -0.136. The van der Waals surface area contributed by atoms with Crippen LogP contribution in [0.15, 0.2) is 28.9 Å². The van der Waals surface area contributed by atoms with E-state index in [2.05, 4.69) is 23.5 Å². The summed E-state index contributed by atoms with van der Waals surface area (Å²) in [4.78, 5) is 23.4. The summed E-state index contributed by atoms with van der Waals surface area (Å²) in [6.45, 7) is 7.76. The number of aliphatic carboxylic acids is 1. The van der Waals surface area contributed by atoms with E-state index in [-0.39, 0.29) is 24.1 Å². The molecule has 24 heavy (non-hydrogen) atoms. The average Bonchev–Trinajstić information content (AvgIpc) is 2.77. The lowest BCUT2D eigenvalue weighted by Crippen LogP contribution is -2.34. The molecule has 5 heteroatoms. The molecule has 0 radical (unpaired) electrons. The van der Waals surface area contributed by atoms with Gasteiger partial charge in [-0.05, 0) is 39.7 Å². The molecule has 128 valence electrons. The number of carboxylic acids is 1. The van der Waals surface area contributed by atoms with Crippen LogP contribution in [0.3, 0.4) is 0 Å². The van der Waals surface area contributed by atoms with Crippen molar-refractivity contribution in [2.45, 2.75) is 46.6 Å². The molecule has 1 amide bonds. The quantitative estimate of drug-likeness (QED) is 0.853. The molecule has 0 saturated heterocycles. The molecule has 1 aromatic carbocycles. The molecule has 0 aliphatic carbocycles. The van der Waals surface area contributed by atoms with Gasteiger partial charge in [0, 0.05) is 11.6 Å². The van der Waals surface area contributed by atoms with E-state index in [1.165, 1.54) is 17.4 Å². The third-order valence-electron chi connectivity index (χ3n) is 3.79. The monoisotopic (exact) mass is 329 g/mol. The Kier molecular flexibility index (Phi) is 5.44. The van der Waals surface area contributed by atoms with Crippen LogP contribution in [0.5, 0.6) is 0 Å². The number of carbonyl (C=O) groups excluding carboxylic acids is 1. The number of rotatable bonds is 6. The second kappa shape index (κ2) is 7.34. The Balaban J connectivity index is 2.09. The van der Waals surface area contributed by atoms with E-state index in [1.807, 2.05) is 20.8 Å². The summed E-state index contributed by atoms with van der Waals surface area (Å²) >= 11 is 0. The largest absolute Gasteiger partial charge is 0.481 e. The number of furan rings is 1. The SMILES string of the molecule is Cc1cc(C)cc(CC(C)NC(=O)c2c(C)coc2CC(=O)O)c1. The highest BCUT2D eigenvalue weighted by Gasteiger charge is 2.21. The zero-order valence-corrected chi connectivity index (χ0v) is 14.5. The van der Waals surface area contributed by atoms with E-state index in [1.54, 1.807) is 6.92 Å². The van der Waals surface area contributed by atoms with Gasteiger partial charge in [0.2, 0.25) is 0 Å². The lowest BCUT2D eigenvalue weighted by Gasteiger charge is -2.15. The maximum absolute atomic E-state index is 12.5. The van der Waals surface area contributed by atoms with Gasteiger partial charge in [-0.1, -0.05) is 29.3 Å². The molecule has 0 fully saturated rings. The molecule has 5 nitrogen and oxygen atoms in total. The molecule has 0 spiro atoms. The third kappa shape index (κ3) is 4.47. The first-order chi connectivity index (χ1) is 11.3. The van der Waals surface area contributed by atoms with E-state index in [0.29, 0.717) is 17.5 Å². The molecular formula is C19H23NO4. The topological polar surface area (TPSA) is 79.5 Å². The Morgan fingerprint density at radius 1 is 1.17 bits per heavy atom. The standard InChI is InChI=1S/C19H23NO4/c1-11-5-12(2)7-15(6-11)8-14(4)20-19(23)18-13(3)10-24-16(18)9-17(21)22/h5-7,10,14H,8-9H2,1-4H3,(H,20,23)(H,21,22). The second-order valence-electron chi connectivity index (χ2n) is 6.36. The first-order valence-electron chi connectivity index (χ1n) is 7.93. The van der Waals surface area contributed by atoms with Gasteiger partial charge in [0.05, 0.1) is 11.8 Å². The van der Waals surface area contributed by atoms with Crippen LogP contribution in [0, 0.1) is 20.8 Å². The van der Waals surface area contributed by atoms with Crippen molar-refractivity contribution in [3.8, 4) is 0 Å². The predicted molar refractivity (Wildman–Crippen MR) is 91.3 cm³/mol. The van der Waals surface area contributed by atoms with Crippen molar-refractivity contribution in [3.63, 3.8) is 0 Å². The minimum Gasteiger partial charge on any atom is -0.481 e. The zero-order chi connectivity index (χ0) is 17.9. The number of hydrogen-bond acceptors (Lipinski definition) is 3. The van der Waals surface area contributed by atoms with Crippen molar-refractivity contribution in [2.24, 2.45) is 0 Å². The molecule has 2 aromatic rings. The summed E-state index contributed by atoms with van der Waals surface area (Å²) in [5, 5.41) is 11.9. The van der Waals surface area contributed by atoms with Gasteiger partial charge >= 0.3 is 5.97 Å². The van der Waals surface area contributed by atoms with E-state index in [0.717, 1.165) is 5.56 Å². The van der Waals surface area contributed by atoms with Crippen molar-refractivity contribution >= 4 is 11.9 Å². The minimum absolute atomic E-state index is 0.0781. The molecule has 2 N–H and O–H groups in total. The molecule has 0 aliphatic heterocycles. The zero-order valence-electron chi connectivity index (χ0n) is 14.5. The minimum atomic E-state index is -1.03. The molecule has 2 rings (SSSR count). The Hall–Kier alpha value is -2.56. The molecule has 1 heterocycles. The average molecular weight is 329 g/mol. The van der Waals surface area contributed by atoms with Crippen LogP contribution in [0.4, 0.5) is 0 Å². The number of carboxylic acid groups (broad SMARTS) is 1. The Labute approximate surface area is 141 Å². The van der Waals surface area contributed by atoms with Gasteiger partial charge in [0.1, 0.15) is 12.2 Å². The first-order valence-corrected chi connectivity index (χ1v) is 7.93. The number of aryl methyl sites for hydroxylation is 3. The van der Waals surface area contributed by atoms with Crippen LogP contribution in [-0.4, -0.2) is 23.0 Å². The van der Waals surface area contributed by atoms with Crippen LogP contribution in [-0.2, 0) is 17.6 Å². The van der Waals surface area contributed by atoms with Crippen LogP contribution in [0.25, 0.3) is 0 Å². The van der Waals surface area contributed by atoms with E-state index in [4.69, 9.17) is 9.52 Å². The summed E-state index contributed by atoms with van der Waals surface area (Å²) in [5.74, 6) is -1.13. The van der Waals surface area contributed by atoms with Crippen LogP contribution < -0.4 is 5.32 Å². The fourth-order valence-electron chi connectivity index (χ4n) is 2.96. The number of hydrogen-bond donors (Lipinski definition) is 2. The maximum Gasteiger partial charge on any atom is 0.311 e. The molecule has 0 bridgehead atoms. The number of benzene rings is 1. The molecule has 1 atom stereocenters. The van der Waals surface area contributed by atoms with Crippen molar-refractivity contribution in [2.75, 3.05) is 0 Å². The Bertz CT molecular complexity index is 740. The molecule has 1 unspecified atom stereocenters. The van der Waals surface area contributed by atoms with Gasteiger partial charge < -0.3 is 14.8 Å². The summed E-state index contributed by atoms with van der Waals surface area (Å²) in [6.07, 6.45) is 1.82. The molecule has 0 saturated carbocycles. The fraction of sp³-hybridized carbons (Fsp3) is 0.368. The van der Waals surface area contributed by atoms with Crippen LogP contribution in [0.1, 0.15) is 45.3 Å². The fourth-order valence-corrected chi connectivity index (χ4v) is 2.96. The van der Waals surface area contributed by atoms with Gasteiger partial charge in [0.25, 0.3) is 5.91 Å². The normalized spacial score (nSPS) is 12.0. The first kappa shape index (κ1) is 17.8. The highest BCUT2D eigenvalue weighted by molar-refractivity contribution is 5.97. The molecule has 1 aromatic heterocycles. The molecular weight excluding hydrogens is 306 g/mol. The third-order valence-corrected chi connectivity index (χ3v) is 3.79. The van der Waals surface area contributed by atoms with E-state index >= 15 is 0 Å². The van der Waals surface area contributed by atoms with Crippen molar-refractivity contribution < 1.29 is 19.1 Å². The lowest BCUT2D eigenvalue weighted by atomic mass is 10.0. The van der Waals surface area contributed by atoms with Gasteiger partial charge in [-0.2, -0.15) is 0 Å². The van der Waals surface area contributed by atoms with Crippen LogP contribution in [0.2, 0.25) is 0 Å². The second-order valence-corrected chi connectivity index (χ2v) is 6.36. The highest BCUT2D eigenvalue weighted by atomic mass is 16.4. The maximum atomic E-state index is 12.5. The van der Waals surface area contributed by atoms with Crippen LogP contribution >= 0.6 is 0 Å². The van der Waals surface area contributed by atoms with Crippen molar-refractivity contribution in [3.05, 3.63) is 58.0 Å². The highest BCUT2D eigenvalue weighted by Crippen LogP contribution is 2.18. The molecule has 0 aliphatic rings. The summed E-state index contributed by atoms with van der Waals surface area (Å²) in [7, 11) is 0. The number of carbonyl (C=O) groups is 2. The Morgan fingerprint density at radius 3 is 2.38 bits per heavy atom. The Morgan fingerprint density at radius 2 is 1.79 bits per heavy atom.